The Morgan fingerprint density at radius 3 is 2.17 bits per heavy atom. The number of rotatable bonds is 4. The Morgan fingerprint density at radius 1 is 0.958 bits per heavy atom. The molecule has 1 aliphatic rings. The molecule has 0 bridgehead atoms. The Morgan fingerprint density at radius 2 is 1.54 bits per heavy atom. The van der Waals surface area contributed by atoms with E-state index in [-0.39, 0.29) is 22.7 Å². The molecule has 0 amide bonds. The van der Waals surface area contributed by atoms with Crippen molar-refractivity contribution in [3.8, 4) is 11.5 Å². The van der Waals surface area contributed by atoms with Crippen LogP contribution in [-0.4, -0.2) is 13.7 Å². The Balaban J connectivity index is 1.74. The van der Waals surface area contributed by atoms with Gasteiger partial charge in [-0.2, -0.15) is 8.78 Å². The minimum Gasteiger partial charge on any atom is -0.494 e. The fraction of sp³-hybridized carbons (Fsp3) is 0.368. The number of hydrogen-bond acceptors (Lipinski definition) is 3. The molecule has 5 heteroatoms. The van der Waals surface area contributed by atoms with Gasteiger partial charge in [0, 0.05) is 10.8 Å². The van der Waals surface area contributed by atoms with E-state index in [2.05, 4.69) is 0 Å². The van der Waals surface area contributed by atoms with Crippen LogP contribution in [0, 0.1) is 17.6 Å². The second-order valence-corrected chi connectivity index (χ2v) is 6.28. The van der Waals surface area contributed by atoms with E-state index in [9.17, 15) is 8.78 Å². The van der Waals surface area contributed by atoms with E-state index in [0.717, 1.165) is 12.8 Å². The zero-order valence-electron chi connectivity index (χ0n) is 13.4. The van der Waals surface area contributed by atoms with Crippen LogP contribution in [0.3, 0.4) is 0 Å². The summed E-state index contributed by atoms with van der Waals surface area (Å²) in [5.74, 6) is -0.503. The normalized spacial score (nSPS) is 15.5. The lowest BCUT2D eigenvalue weighted by atomic mass is 10.1. The predicted molar refractivity (Wildman–Crippen MR) is 87.6 cm³/mol. The Labute approximate surface area is 138 Å². The summed E-state index contributed by atoms with van der Waals surface area (Å²) < 4.78 is 45.1. The molecule has 2 aromatic carbocycles. The molecule has 0 unspecified atom stereocenters. The molecule has 1 fully saturated rings. The van der Waals surface area contributed by atoms with E-state index in [0.29, 0.717) is 23.3 Å². The molecular weight excluding hydrogens is 314 g/mol. The SMILES string of the molecule is COc1ccc2c(oc3c(F)c(OCC4CCCC4)ccc32)c1F. The zero-order chi connectivity index (χ0) is 16.7. The molecule has 1 heterocycles. The van der Waals surface area contributed by atoms with Crippen LogP contribution in [0.5, 0.6) is 11.5 Å². The van der Waals surface area contributed by atoms with Gasteiger partial charge < -0.3 is 13.9 Å². The molecule has 0 radical (unpaired) electrons. The van der Waals surface area contributed by atoms with E-state index in [1.807, 2.05) is 0 Å². The van der Waals surface area contributed by atoms with Crippen molar-refractivity contribution in [1.29, 1.82) is 0 Å². The summed E-state index contributed by atoms with van der Waals surface area (Å²) in [5, 5.41) is 1.04. The summed E-state index contributed by atoms with van der Waals surface area (Å²) in [6, 6.07) is 6.47. The van der Waals surface area contributed by atoms with Crippen LogP contribution in [0.15, 0.2) is 28.7 Å². The molecule has 0 N–H and O–H groups in total. The van der Waals surface area contributed by atoms with Crippen molar-refractivity contribution in [2.24, 2.45) is 5.92 Å². The molecule has 1 saturated carbocycles. The number of ether oxygens (including phenoxy) is 2. The topological polar surface area (TPSA) is 31.6 Å². The van der Waals surface area contributed by atoms with Gasteiger partial charge >= 0.3 is 0 Å². The van der Waals surface area contributed by atoms with Crippen LogP contribution in [0.4, 0.5) is 8.78 Å². The summed E-state index contributed by atoms with van der Waals surface area (Å²) in [4.78, 5) is 0. The first-order valence-electron chi connectivity index (χ1n) is 8.19. The standard InChI is InChI=1S/C19H18F2O3/c1-22-14-8-6-12-13-7-9-15(23-10-11-4-2-3-5-11)17(21)19(13)24-18(12)16(14)20/h6-9,11H,2-5,10H2,1H3. The molecule has 3 nitrogen and oxygen atoms in total. The first-order valence-corrected chi connectivity index (χ1v) is 8.19. The minimum atomic E-state index is -0.626. The van der Waals surface area contributed by atoms with Gasteiger partial charge in [-0.25, -0.2) is 0 Å². The second kappa shape index (κ2) is 5.96. The Bertz CT molecular complexity index is 895. The van der Waals surface area contributed by atoms with E-state index in [1.165, 1.54) is 26.0 Å². The van der Waals surface area contributed by atoms with Gasteiger partial charge in [-0.3, -0.25) is 0 Å². The zero-order valence-corrected chi connectivity index (χ0v) is 13.4. The van der Waals surface area contributed by atoms with Crippen LogP contribution in [-0.2, 0) is 0 Å². The third-order valence-electron chi connectivity index (χ3n) is 4.79. The maximum absolute atomic E-state index is 14.7. The van der Waals surface area contributed by atoms with Crippen molar-refractivity contribution in [2.45, 2.75) is 25.7 Å². The lowest BCUT2D eigenvalue weighted by Crippen LogP contribution is -2.08. The molecule has 0 aliphatic heterocycles. The highest BCUT2D eigenvalue weighted by Gasteiger charge is 2.21. The van der Waals surface area contributed by atoms with Gasteiger partial charge in [-0.1, -0.05) is 12.8 Å². The van der Waals surface area contributed by atoms with Crippen molar-refractivity contribution in [3.63, 3.8) is 0 Å². The van der Waals surface area contributed by atoms with E-state index in [4.69, 9.17) is 13.9 Å². The van der Waals surface area contributed by atoms with Crippen molar-refractivity contribution >= 4 is 21.9 Å². The molecule has 126 valence electrons. The minimum absolute atomic E-state index is 0.00353. The van der Waals surface area contributed by atoms with Crippen molar-refractivity contribution < 1.29 is 22.7 Å². The van der Waals surface area contributed by atoms with E-state index >= 15 is 0 Å². The summed E-state index contributed by atoms with van der Waals surface area (Å²) in [6.45, 7) is 0.505. The Kier molecular flexibility index (Phi) is 3.79. The van der Waals surface area contributed by atoms with Crippen LogP contribution < -0.4 is 9.47 Å². The average Bonchev–Trinajstić information content (AvgIpc) is 3.23. The summed E-state index contributed by atoms with van der Waals surface area (Å²) >= 11 is 0. The fourth-order valence-corrected chi connectivity index (χ4v) is 3.46. The van der Waals surface area contributed by atoms with Gasteiger partial charge in [0.05, 0.1) is 13.7 Å². The average molecular weight is 332 g/mol. The van der Waals surface area contributed by atoms with Crippen molar-refractivity contribution in [3.05, 3.63) is 35.9 Å². The summed E-state index contributed by atoms with van der Waals surface area (Å²) in [6.07, 6.45) is 4.67. The fourth-order valence-electron chi connectivity index (χ4n) is 3.46. The van der Waals surface area contributed by atoms with Crippen molar-refractivity contribution in [2.75, 3.05) is 13.7 Å². The van der Waals surface area contributed by atoms with Crippen LogP contribution in [0.2, 0.25) is 0 Å². The smallest absolute Gasteiger partial charge is 0.208 e. The number of furan rings is 1. The van der Waals surface area contributed by atoms with Gasteiger partial charge in [-0.15, -0.1) is 0 Å². The van der Waals surface area contributed by atoms with Crippen LogP contribution in [0.1, 0.15) is 25.7 Å². The predicted octanol–water partition coefficient (Wildman–Crippen LogP) is 5.44. The summed E-state index contributed by atoms with van der Waals surface area (Å²) in [5.41, 5.74) is 0.0114. The monoisotopic (exact) mass is 332 g/mol. The molecule has 0 atom stereocenters. The molecule has 1 aromatic heterocycles. The van der Waals surface area contributed by atoms with Gasteiger partial charge in [-0.05, 0) is 43.0 Å². The lowest BCUT2D eigenvalue weighted by molar-refractivity contribution is 0.242. The van der Waals surface area contributed by atoms with Gasteiger partial charge in [0.2, 0.25) is 11.6 Å². The number of methoxy groups -OCH3 is 1. The maximum Gasteiger partial charge on any atom is 0.208 e. The molecule has 1 aliphatic carbocycles. The third-order valence-corrected chi connectivity index (χ3v) is 4.79. The highest BCUT2D eigenvalue weighted by molar-refractivity contribution is 6.06. The summed E-state index contributed by atoms with van der Waals surface area (Å²) in [7, 11) is 1.38. The van der Waals surface area contributed by atoms with Crippen molar-refractivity contribution in [1.82, 2.24) is 0 Å². The highest BCUT2D eigenvalue weighted by atomic mass is 19.1. The number of fused-ring (bicyclic) bond motifs is 3. The third kappa shape index (κ3) is 2.39. The lowest BCUT2D eigenvalue weighted by Gasteiger charge is -2.11. The quantitative estimate of drug-likeness (QED) is 0.637. The molecule has 0 spiro atoms. The first kappa shape index (κ1) is 15.2. The highest BCUT2D eigenvalue weighted by Crippen LogP contribution is 2.38. The second-order valence-electron chi connectivity index (χ2n) is 6.28. The maximum atomic E-state index is 14.7. The number of benzene rings is 2. The molecule has 0 saturated heterocycles. The molecule has 24 heavy (non-hydrogen) atoms. The molecular formula is C19H18F2O3. The largest absolute Gasteiger partial charge is 0.494 e. The van der Waals surface area contributed by atoms with E-state index in [1.54, 1.807) is 18.2 Å². The van der Waals surface area contributed by atoms with Gasteiger partial charge in [0.15, 0.2) is 22.7 Å². The van der Waals surface area contributed by atoms with Crippen LogP contribution in [0.25, 0.3) is 21.9 Å². The molecule has 4 rings (SSSR count). The van der Waals surface area contributed by atoms with E-state index < -0.39 is 11.6 Å². The van der Waals surface area contributed by atoms with Crippen LogP contribution >= 0.6 is 0 Å². The first-order chi connectivity index (χ1) is 11.7. The number of halogens is 2. The van der Waals surface area contributed by atoms with Gasteiger partial charge in [0.25, 0.3) is 0 Å². The number of hydrogen-bond donors (Lipinski definition) is 0. The molecule has 3 aromatic rings. The Hall–Kier alpha value is -2.30. The van der Waals surface area contributed by atoms with Gasteiger partial charge in [0.1, 0.15) is 0 Å².